The second-order valence-electron chi connectivity index (χ2n) is 6.38. The predicted octanol–water partition coefficient (Wildman–Crippen LogP) is 2.56. The molecule has 2 heterocycles. The average Bonchev–Trinajstić information content (AvgIpc) is 2.56. The Morgan fingerprint density at radius 3 is 2.53 bits per heavy atom. The fourth-order valence-corrected chi connectivity index (χ4v) is 3.91. The summed E-state index contributed by atoms with van der Waals surface area (Å²) in [5.74, 6) is 0. The van der Waals surface area contributed by atoms with Crippen LogP contribution < -0.4 is 5.32 Å². The van der Waals surface area contributed by atoms with Crippen LogP contribution >= 0.6 is 0 Å². The van der Waals surface area contributed by atoms with Crippen molar-refractivity contribution in [1.29, 1.82) is 0 Å². The standard InChI is InChI=1S/C15H26N2/c1-2-4-8-15(7-3-1)12-17(13-15)11-14-5-9-16-10-6-14/h5,16H,1-4,6-13H2. The molecule has 2 aliphatic heterocycles. The first kappa shape index (κ1) is 11.7. The third kappa shape index (κ3) is 2.74. The maximum Gasteiger partial charge on any atom is 0.0194 e. The van der Waals surface area contributed by atoms with Crippen LogP contribution in [-0.2, 0) is 0 Å². The number of nitrogens with zero attached hydrogens (tertiary/aromatic N) is 1. The van der Waals surface area contributed by atoms with E-state index >= 15 is 0 Å². The molecular weight excluding hydrogens is 208 g/mol. The molecule has 0 bridgehead atoms. The van der Waals surface area contributed by atoms with E-state index < -0.39 is 0 Å². The van der Waals surface area contributed by atoms with Gasteiger partial charge in [0.1, 0.15) is 0 Å². The number of hydrogen-bond donors (Lipinski definition) is 1. The van der Waals surface area contributed by atoms with Crippen LogP contribution in [0.1, 0.15) is 44.9 Å². The highest BCUT2D eigenvalue weighted by atomic mass is 15.2. The van der Waals surface area contributed by atoms with E-state index in [1.165, 1.54) is 71.1 Å². The van der Waals surface area contributed by atoms with E-state index in [-0.39, 0.29) is 0 Å². The second-order valence-corrected chi connectivity index (χ2v) is 6.38. The van der Waals surface area contributed by atoms with Crippen LogP contribution in [0.4, 0.5) is 0 Å². The van der Waals surface area contributed by atoms with Crippen LogP contribution in [0.2, 0.25) is 0 Å². The molecule has 2 heteroatoms. The number of nitrogens with one attached hydrogen (secondary N) is 1. The summed E-state index contributed by atoms with van der Waals surface area (Å²) in [4.78, 5) is 2.68. The lowest BCUT2D eigenvalue weighted by molar-refractivity contribution is -0.00522. The minimum absolute atomic E-state index is 0.740. The van der Waals surface area contributed by atoms with Gasteiger partial charge >= 0.3 is 0 Å². The van der Waals surface area contributed by atoms with Crippen molar-refractivity contribution in [3.8, 4) is 0 Å². The van der Waals surface area contributed by atoms with Gasteiger partial charge in [-0.1, -0.05) is 37.3 Å². The van der Waals surface area contributed by atoms with Crippen LogP contribution in [0.15, 0.2) is 11.6 Å². The van der Waals surface area contributed by atoms with Crippen LogP contribution in [0.3, 0.4) is 0 Å². The summed E-state index contributed by atoms with van der Waals surface area (Å²) in [5.41, 5.74) is 2.41. The van der Waals surface area contributed by atoms with Crippen LogP contribution in [-0.4, -0.2) is 37.6 Å². The van der Waals surface area contributed by atoms with E-state index in [4.69, 9.17) is 0 Å². The molecule has 3 aliphatic rings. The van der Waals surface area contributed by atoms with Crippen molar-refractivity contribution in [3.05, 3.63) is 11.6 Å². The molecule has 3 rings (SSSR count). The van der Waals surface area contributed by atoms with Crippen LogP contribution in [0, 0.1) is 5.41 Å². The van der Waals surface area contributed by atoms with E-state index in [1.807, 2.05) is 0 Å². The van der Waals surface area contributed by atoms with E-state index in [0.29, 0.717) is 0 Å². The summed E-state index contributed by atoms with van der Waals surface area (Å²) in [6, 6.07) is 0. The van der Waals surface area contributed by atoms with Gasteiger partial charge < -0.3 is 5.32 Å². The molecule has 0 unspecified atom stereocenters. The highest BCUT2D eigenvalue weighted by Crippen LogP contribution is 2.42. The Balaban J connectivity index is 1.48. The lowest BCUT2D eigenvalue weighted by atomic mass is 9.73. The van der Waals surface area contributed by atoms with E-state index in [0.717, 1.165) is 12.0 Å². The normalized spacial score (nSPS) is 29.5. The first-order chi connectivity index (χ1) is 8.36. The molecule has 0 aromatic heterocycles. The minimum atomic E-state index is 0.740. The molecule has 0 atom stereocenters. The molecule has 17 heavy (non-hydrogen) atoms. The highest BCUT2D eigenvalue weighted by Gasteiger charge is 2.42. The van der Waals surface area contributed by atoms with Gasteiger partial charge in [-0.15, -0.1) is 0 Å². The molecule has 1 saturated heterocycles. The van der Waals surface area contributed by atoms with Gasteiger partial charge in [-0.3, -0.25) is 4.90 Å². The molecule has 1 aliphatic carbocycles. The summed E-state index contributed by atoms with van der Waals surface area (Å²) in [6.45, 7) is 6.30. The largest absolute Gasteiger partial charge is 0.313 e. The van der Waals surface area contributed by atoms with Crippen molar-refractivity contribution in [2.45, 2.75) is 44.9 Å². The molecule has 96 valence electrons. The summed E-state index contributed by atoms with van der Waals surface area (Å²) in [5, 5.41) is 3.39. The zero-order valence-corrected chi connectivity index (χ0v) is 11.0. The third-order valence-corrected chi connectivity index (χ3v) is 4.87. The zero-order valence-electron chi connectivity index (χ0n) is 11.0. The molecule has 2 nitrogen and oxygen atoms in total. The summed E-state index contributed by atoms with van der Waals surface area (Å²) < 4.78 is 0. The third-order valence-electron chi connectivity index (χ3n) is 4.87. The van der Waals surface area contributed by atoms with Crippen LogP contribution in [0.5, 0.6) is 0 Å². The first-order valence-electron chi connectivity index (χ1n) is 7.47. The Hall–Kier alpha value is -0.340. The Kier molecular flexibility index (Phi) is 3.53. The van der Waals surface area contributed by atoms with E-state index in [2.05, 4.69) is 16.3 Å². The number of rotatable bonds is 2. The van der Waals surface area contributed by atoms with Gasteiger partial charge in [-0.25, -0.2) is 0 Å². The monoisotopic (exact) mass is 234 g/mol. The molecule has 0 aromatic rings. The molecule has 0 aromatic carbocycles. The molecule has 0 amide bonds. The van der Waals surface area contributed by atoms with Gasteiger partial charge in [0.2, 0.25) is 0 Å². The molecule has 1 N–H and O–H groups in total. The Labute approximate surface area is 105 Å². The molecule has 2 fully saturated rings. The quantitative estimate of drug-likeness (QED) is 0.739. The van der Waals surface area contributed by atoms with E-state index in [9.17, 15) is 0 Å². The molecule has 0 radical (unpaired) electrons. The number of likely N-dealkylation sites (tertiary alicyclic amines) is 1. The van der Waals surface area contributed by atoms with Gasteiger partial charge in [0, 0.05) is 26.2 Å². The fourth-order valence-electron chi connectivity index (χ4n) is 3.91. The second kappa shape index (κ2) is 5.11. The lowest BCUT2D eigenvalue weighted by Gasteiger charge is -2.51. The summed E-state index contributed by atoms with van der Waals surface area (Å²) in [7, 11) is 0. The fraction of sp³-hybridized carbons (Fsp3) is 0.867. The van der Waals surface area contributed by atoms with Gasteiger partial charge in [-0.2, -0.15) is 0 Å². The SMILES string of the molecule is C1=C(CN2CC3(CCCCCC3)C2)CCNC1. The molecular formula is C15H26N2. The van der Waals surface area contributed by atoms with Gasteiger partial charge in [-0.05, 0) is 31.2 Å². The molecule has 1 saturated carbocycles. The summed E-state index contributed by atoms with van der Waals surface area (Å²) in [6.07, 6.45) is 12.6. The van der Waals surface area contributed by atoms with Crippen molar-refractivity contribution < 1.29 is 0 Å². The first-order valence-corrected chi connectivity index (χ1v) is 7.47. The van der Waals surface area contributed by atoms with Crippen molar-refractivity contribution in [3.63, 3.8) is 0 Å². The lowest BCUT2D eigenvalue weighted by Crippen LogP contribution is -2.56. The highest BCUT2D eigenvalue weighted by molar-refractivity contribution is 5.11. The maximum atomic E-state index is 3.39. The predicted molar refractivity (Wildman–Crippen MR) is 72.1 cm³/mol. The zero-order chi connectivity index (χ0) is 11.6. The van der Waals surface area contributed by atoms with E-state index in [1.54, 1.807) is 5.57 Å². The van der Waals surface area contributed by atoms with Crippen molar-refractivity contribution in [2.75, 3.05) is 32.7 Å². The Morgan fingerprint density at radius 1 is 1.12 bits per heavy atom. The minimum Gasteiger partial charge on any atom is -0.313 e. The van der Waals surface area contributed by atoms with Crippen molar-refractivity contribution >= 4 is 0 Å². The topological polar surface area (TPSA) is 15.3 Å². The van der Waals surface area contributed by atoms with Crippen LogP contribution in [0.25, 0.3) is 0 Å². The van der Waals surface area contributed by atoms with Gasteiger partial charge in [0.15, 0.2) is 0 Å². The summed E-state index contributed by atoms with van der Waals surface area (Å²) >= 11 is 0. The Morgan fingerprint density at radius 2 is 1.88 bits per heavy atom. The van der Waals surface area contributed by atoms with Crippen molar-refractivity contribution in [2.24, 2.45) is 5.41 Å². The van der Waals surface area contributed by atoms with Gasteiger partial charge in [0.25, 0.3) is 0 Å². The van der Waals surface area contributed by atoms with Gasteiger partial charge in [0.05, 0.1) is 0 Å². The molecule has 1 spiro atoms. The smallest absolute Gasteiger partial charge is 0.0194 e. The maximum absolute atomic E-state index is 3.39. The number of hydrogen-bond acceptors (Lipinski definition) is 2. The average molecular weight is 234 g/mol. The van der Waals surface area contributed by atoms with Crippen molar-refractivity contribution in [1.82, 2.24) is 10.2 Å². The Bertz CT molecular complexity index is 279.